The third-order valence-corrected chi connectivity index (χ3v) is 9.12. The fraction of sp³-hybridized carbons (Fsp3) is 0.310. The Hall–Kier alpha value is -6.37. The number of rotatable bonds is 19. The summed E-state index contributed by atoms with van der Waals surface area (Å²) in [6.07, 6.45) is 4.37. The number of hydrogen-bond donors (Lipinski definition) is 6. The van der Waals surface area contributed by atoms with E-state index in [4.69, 9.17) is 25.4 Å². The average Bonchev–Trinajstić information content (AvgIpc) is 3.16. The number of methoxy groups -OCH3 is 3. The van der Waals surface area contributed by atoms with Crippen molar-refractivity contribution in [1.82, 2.24) is 21.3 Å². The molecule has 0 spiro atoms. The summed E-state index contributed by atoms with van der Waals surface area (Å²) in [6, 6.07) is 16.5. The molecule has 0 bridgehead atoms. The molecule has 55 heavy (non-hydrogen) atoms. The number of hydrogen-bond acceptors (Lipinski definition) is 8. The molecule has 13 heteroatoms. The third kappa shape index (κ3) is 10.2. The minimum absolute atomic E-state index is 0.0134. The molecule has 0 saturated carbocycles. The monoisotopic (exact) mass is 750 g/mol. The van der Waals surface area contributed by atoms with Gasteiger partial charge in [-0.05, 0) is 70.5 Å². The van der Waals surface area contributed by atoms with Crippen LogP contribution >= 0.6 is 0 Å². The van der Waals surface area contributed by atoms with Gasteiger partial charge in [0, 0.05) is 31.0 Å². The van der Waals surface area contributed by atoms with Gasteiger partial charge in [-0.1, -0.05) is 60.7 Å². The molecule has 290 valence electrons. The highest BCUT2D eigenvalue weighted by Crippen LogP contribution is 2.48. The van der Waals surface area contributed by atoms with E-state index in [0.717, 1.165) is 38.2 Å². The Morgan fingerprint density at radius 3 is 1.85 bits per heavy atom. The van der Waals surface area contributed by atoms with Crippen molar-refractivity contribution in [3.63, 3.8) is 0 Å². The molecule has 0 heterocycles. The normalized spacial score (nSPS) is 12.4. The molecule has 4 rings (SSSR count). The molecule has 0 aliphatic carbocycles. The van der Waals surface area contributed by atoms with E-state index in [0.29, 0.717) is 29.9 Å². The van der Waals surface area contributed by atoms with Crippen molar-refractivity contribution in [2.45, 2.75) is 57.2 Å². The van der Waals surface area contributed by atoms with E-state index in [1.165, 1.54) is 20.1 Å². The molecule has 4 aromatic carbocycles. The number of benzene rings is 4. The lowest BCUT2D eigenvalue weighted by molar-refractivity contribution is -0.145. The van der Waals surface area contributed by atoms with Crippen LogP contribution in [-0.4, -0.2) is 75.7 Å². The molecule has 0 aliphatic rings. The van der Waals surface area contributed by atoms with Gasteiger partial charge >= 0.3 is 5.97 Å². The molecule has 3 atom stereocenters. The van der Waals surface area contributed by atoms with E-state index < -0.39 is 41.8 Å². The molecular formula is C42H50N6O7. The number of carbonyl (C=O) groups is 4. The van der Waals surface area contributed by atoms with Gasteiger partial charge in [0.05, 0.1) is 21.3 Å². The maximum absolute atomic E-state index is 14.2. The predicted octanol–water partition coefficient (Wildman–Crippen LogP) is 4.43. The maximum atomic E-state index is 14.2. The number of nitrogens with one attached hydrogen (secondary N) is 5. The highest BCUT2D eigenvalue weighted by molar-refractivity contribution is 6.11. The van der Waals surface area contributed by atoms with E-state index in [1.54, 1.807) is 14.2 Å². The van der Waals surface area contributed by atoms with Crippen molar-refractivity contribution >= 4 is 51.2 Å². The van der Waals surface area contributed by atoms with Crippen molar-refractivity contribution in [3.05, 3.63) is 97.1 Å². The number of nitrogens with two attached hydrogens (primary N) is 1. The van der Waals surface area contributed by atoms with Crippen LogP contribution in [0, 0.1) is 5.41 Å². The molecule has 0 saturated heterocycles. The smallest absolute Gasteiger partial charge is 0.328 e. The Labute approximate surface area is 321 Å². The van der Waals surface area contributed by atoms with Gasteiger partial charge < -0.3 is 41.2 Å². The van der Waals surface area contributed by atoms with Crippen molar-refractivity contribution in [2.75, 3.05) is 27.9 Å². The second kappa shape index (κ2) is 19.6. The van der Waals surface area contributed by atoms with Crippen LogP contribution in [-0.2, 0) is 36.8 Å². The summed E-state index contributed by atoms with van der Waals surface area (Å²) in [7, 11) is 4.39. The zero-order valence-electron chi connectivity index (χ0n) is 31.8. The van der Waals surface area contributed by atoms with Crippen molar-refractivity contribution < 1.29 is 33.4 Å². The lowest BCUT2D eigenvalue weighted by atomic mass is 9.87. The maximum Gasteiger partial charge on any atom is 0.328 e. The Bertz CT molecular complexity index is 2080. The first kappa shape index (κ1) is 41.4. The first-order chi connectivity index (χ1) is 26.5. The Balaban J connectivity index is 1.83. The number of fused-ring (bicyclic) bond motifs is 2. The SMILES string of the molecule is C=CCc1cc2ccccc2c(-c2c(OC)c(CC(NC(C)=O)C(=O)N[C@H](CCCNC(=N)N)C(=O)N[C@@H](CC=C)C(=O)OC)cc3ccccc23)c1OC. The van der Waals surface area contributed by atoms with Crippen LogP contribution in [0.3, 0.4) is 0 Å². The molecule has 3 amide bonds. The Morgan fingerprint density at radius 1 is 0.782 bits per heavy atom. The summed E-state index contributed by atoms with van der Waals surface area (Å²) in [4.78, 5) is 52.9. The van der Waals surface area contributed by atoms with Crippen LogP contribution in [0.25, 0.3) is 32.7 Å². The standard InChI is InChI=1S/C42H50N6O7/c1-7-14-28-22-26-16-9-11-18-30(26)35(37(28)53-4)36-31-19-12-10-17-27(31)23-29(38(36)54-5)24-34(46-25(3)49)40(51)47-32(20-13-21-45-42(43)44)39(50)48-33(15-8-2)41(52)55-6/h7-12,16-19,22-23,32-34H,1-2,13-15,20-21,24H2,3-6H3,(H,46,49)(H,47,51)(H,48,50)(H4,43,44,45)/t32-,33+,34?/m1/s1. The van der Waals surface area contributed by atoms with Crippen LogP contribution < -0.4 is 36.5 Å². The van der Waals surface area contributed by atoms with Gasteiger partial charge in [-0.25, -0.2) is 4.79 Å². The van der Waals surface area contributed by atoms with Crippen molar-refractivity contribution in [3.8, 4) is 22.6 Å². The largest absolute Gasteiger partial charge is 0.496 e. The first-order valence-electron chi connectivity index (χ1n) is 17.9. The lowest BCUT2D eigenvalue weighted by Gasteiger charge is -2.26. The molecule has 0 aromatic heterocycles. The van der Waals surface area contributed by atoms with Gasteiger partial charge in [-0.2, -0.15) is 0 Å². The first-order valence-corrected chi connectivity index (χ1v) is 17.9. The second-order valence-electron chi connectivity index (χ2n) is 12.9. The molecule has 0 fully saturated rings. The van der Waals surface area contributed by atoms with Gasteiger partial charge in [-0.3, -0.25) is 19.8 Å². The summed E-state index contributed by atoms with van der Waals surface area (Å²) in [5.41, 5.74) is 8.54. The molecule has 1 unspecified atom stereocenters. The Kier molecular flexibility index (Phi) is 14.8. The topological polar surface area (TPSA) is 194 Å². The average molecular weight is 751 g/mol. The fourth-order valence-electron chi connectivity index (χ4n) is 6.74. The minimum Gasteiger partial charge on any atom is -0.496 e. The number of guanidine groups is 1. The second-order valence-corrected chi connectivity index (χ2v) is 12.9. The van der Waals surface area contributed by atoms with Crippen LogP contribution in [0.4, 0.5) is 0 Å². The Morgan fingerprint density at radius 2 is 1.33 bits per heavy atom. The van der Waals surface area contributed by atoms with Gasteiger partial charge in [-0.15, -0.1) is 13.2 Å². The quantitative estimate of drug-likeness (QED) is 0.0264. The zero-order valence-corrected chi connectivity index (χ0v) is 31.8. The van der Waals surface area contributed by atoms with Gasteiger partial charge in [0.15, 0.2) is 5.96 Å². The van der Waals surface area contributed by atoms with Crippen molar-refractivity contribution in [2.24, 2.45) is 5.73 Å². The van der Waals surface area contributed by atoms with Crippen LogP contribution in [0.1, 0.15) is 37.3 Å². The van der Waals surface area contributed by atoms with Gasteiger partial charge in [0.2, 0.25) is 17.7 Å². The highest BCUT2D eigenvalue weighted by atomic mass is 16.5. The zero-order chi connectivity index (χ0) is 40.1. The molecule has 0 radical (unpaired) electrons. The minimum atomic E-state index is -1.15. The molecular weight excluding hydrogens is 700 g/mol. The summed E-state index contributed by atoms with van der Waals surface area (Å²) in [5, 5.41) is 22.0. The summed E-state index contributed by atoms with van der Waals surface area (Å²) in [6.45, 7) is 9.16. The predicted molar refractivity (Wildman–Crippen MR) is 215 cm³/mol. The number of carbonyl (C=O) groups excluding carboxylic acids is 4. The summed E-state index contributed by atoms with van der Waals surface area (Å²) >= 11 is 0. The van der Waals surface area contributed by atoms with E-state index >= 15 is 0 Å². The van der Waals surface area contributed by atoms with Gasteiger partial charge in [0.1, 0.15) is 29.6 Å². The van der Waals surface area contributed by atoms with E-state index in [2.05, 4.69) is 40.5 Å². The number of esters is 1. The summed E-state index contributed by atoms with van der Waals surface area (Å²) in [5.74, 6) is -1.52. The fourth-order valence-corrected chi connectivity index (χ4v) is 6.74. The van der Waals surface area contributed by atoms with E-state index in [-0.39, 0.29) is 31.8 Å². The number of ether oxygens (including phenoxy) is 3. The van der Waals surface area contributed by atoms with E-state index in [9.17, 15) is 19.2 Å². The molecule has 0 aliphatic heterocycles. The van der Waals surface area contributed by atoms with Gasteiger partial charge in [0.25, 0.3) is 0 Å². The third-order valence-electron chi connectivity index (χ3n) is 9.12. The lowest BCUT2D eigenvalue weighted by Crippen LogP contribution is -2.56. The van der Waals surface area contributed by atoms with Crippen molar-refractivity contribution in [1.29, 1.82) is 5.41 Å². The highest BCUT2D eigenvalue weighted by Gasteiger charge is 2.31. The van der Waals surface area contributed by atoms with Crippen LogP contribution in [0.2, 0.25) is 0 Å². The summed E-state index contributed by atoms with van der Waals surface area (Å²) < 4.78 is 17.2. The number of amides is 3. The van der Waals surface area contributed by atoms with Crippen LogP contribution in [0.15, 0.2) is 86.0 Å². The molecule has 13 nitrogen and oxygen atoms in total. The molecule has 4 aromatic rings. The van der Waals surface area contributed by atoms with E-state index in [1.807, 2.05) is 60.7 Å². The van der Waals surface area contributed by atoms with Crippen LogP contribution in [0.5, 0.6) is 11.5 Å². The number of allylic oxidation sites excluding steroid dienone is 1. The molecule has 7 N–H and O–H groups in total.